The van der Waals surface area contributed by atoms with Crippen molar-refractivity contribution in [2.45, 2.75) is 51.3 Å². The Morgan fingerprint density at radius 1 is 1.21 bits per heavy atom. The van der Waals surface area contributed by atoms with Gasteiger partial charge >= 0.3 is 0 Å². The van der Waals surface area contributed by atoms with Crippen LogP contribution in [0.1, 0.15) is 43.0 Å². The minimum atomic E-state index is -0.0920. The Kier molecular flexibility index (Phi) is 6.30. The summed E-state index contributed by atoms with van der Waals surface area (Å²) in [5, 5.41) is 8.67. The Labute approximate surface area is 172 Å². The van der Waals surface area contributed by atoms with Crippen LogP contribution in [-0.2, 0) is 23.1 Å². The average molecular weight is 401 g/mol. The molecule has 0 spiro atoms. The van der Waals surface area contributed by atoms with Gasteiger partial charge in [0.05, 0.1) is 24.9 Å². The van der Waals surface area contributed by atoms with Gasteiger partial charge in [-0.15, -0.1) is 0 Å². The van der Waals surface area contributed by atoms with Gasteiger partial charge in [0, 0.05) is 56.8 Å². The first kappa shape index (κ1) is 20.1. The zero-order valence-electron chi connectivity index (χ0n) is 17.5. The van der Waals surface area contributed by atoms with E-state index in [0.29, 0.717) is 26.1 Å². The maximum atomic E-state index is 13.2. The number of hydrogen-bond acceptors (Lipinski definition) is 5. The van der Waals surface area contributed by atoms with Crippen LogP contribution in [0.25, 0.3) is 0 Å². The lowest BCUT2D eigenvalue weighted by Crippen LogP contribution is -2.52. The summed E-state index contributed by atoms with van der Waals surface area (Å²) >= 11 is 0. The van der Waals surface area contributed by atoms with Gasteiger partial charge in [0.15, 0.2) is 0 Å². The van der Waals surface area contributed by atoms with Gasteiger partial charge in [0.2, 0.25) is 5.91 Å². The summed E-state index contributed by atoms with van der Waals surface area (Å²) in [5.74, 6) is 0.153. The Morgan fingerprint density at radius 3 is 2.72 bits per heavy atom. The molecule has 2 aromatic rings. The molecule has 8 nitrogen and oxygen atoms in total. The Morgan fingerprint density at radius 2 is 2.03 bits per heavy atom. The maximum Gasteiger partial charge on any atom is 0.225 e. The fourth-order valence-electron chi connectivity index (χ4n) is 4.53. The number of aromatic nitrogens is 4. The van der Waals surface area contributed by atoms with Crippen LogP contribution < -0.4 is 0 Å². The first-order chi connectivity index (χ1) is 14.1. The number of carbonyl (C=O) groups excluding carboxylic acids is 1. The maximum absolute atomic E-state index is 13.2. The molecule has 2 saturated heterocycles. The first-order valence-electron chi connectivity index (χ1n) is 10.7. The Balaban J connectivity index is 1.50. The molecule has 2 fully saturated rings. The lowest BCUT2D eigenvalue weighted by molar-refractivity contribution is -0.149. The molecule has 8 heteroatoms. The number of nitrogens with zero attached hydrogens (tertiary/aromatic N) is 6. The van der Waals surface area contributed by atoms with E-state index in [1.807, 2.05) is 42.0 Å². The lowest BCUT2D eigenvalue weighted by atomic mass is 9.99. The standard InChI is InChI=1S/C21H32N6O2/c1-17-6-8-22-27(17)11-7-20(28)26-12-13-29-19(16-25-9-4-3-5-10-25)21(26)18-14-23-24(2)15-18/h6,8,14-15,19,21H,3-5,7,9-13,16H2,1-2H3/t19-,21-/m0/s1. The molecule has 4 heterocycles. The second-order valence-corrected chi connectivity index (χ2v) is 8.20. The SMILES string of the molecule is Cc1ccnn1CCC(=O)N1CCO[C@@H](CN2CCCCC2)[C@@H]1c1cnn(C)c1. The first-order valence-corrected chi connectivity index (χ1v) is 10.7. The summed E-state index contributed by atoms with van der Waals surface area (Å²) in [6.45, 7) is 6.92. The van der Waals surface area contributed by atoms with Crippen LogP contribution in [0.3, 0.4) is 0 Å². The molecule has 29 heavy (non-hydrogen) atoms. The monoisotopic (exact) mass is 400 g/mol. The van der Waals surface area contributed by atoms with Crippen molar-refractivity contribution < 1.29 is 9.53 Å². The predicted molar refractivity (Wildman–Crippen MR) is 109 cm³/mol. The van der Waals surface area contributed by atoms with E-state index in [2.05, 4.69) is 15.1 Å². The molecule has 0 aliphatic carbocycles. The van der Waals surface area contributed by atoms with Crippen molar-refractivity contribution in [2.24, 2.45) is 7.05 Å². The average Bonchev–Trinajstić information content (AvgIpc) is 3.34. The largest absolute Gasteiger partial charge is 0.373 e. The van der Waals surface area contributed by atoms with Crippen molar-refractivity contribution >= 4 is 5.91 Å². The third-order valence-electron chi connectivity index (χ3n) is 6.09. The van der Waals surface area contributed by atoms with Gasteiger partial charge in [-0.3, -0.25) is 14.2 Å². The number of rotatable bonds is 6. The van der Waals surface area contributed by atoms with Gasteiger partial charge in [-0.05, 0) is 38.9 Å². The number of hydrogen-bond donors (Lipinski definition) is 0. The highest BCUT2D eigenvalue weighted by atomic mass is 16.5. The van der Waals surface area contributed by atoms with Gasteiger partial charge < -0.3 is 14.5 Å². The summed E-state index contributed by atoms with van der Waals surface area (Å²) in [5.41, 5.74) is 2.13. The molecular formula is C21H32N6O2. The zero-order chi connectivity index (χ0) is 20.2. The van der Waals surface area contributed by atoms with Crippen LogP contribution in [-0.4, -0.2) is 74.2 Å². The normalized spacial score (nSPS) is 23.4. The molecule has 2 aliphatic heterocycles. The van der Waals surface area contributed by atoms with Crippen molar-refractivity contribution in [1.82, 2.24) is 29.4 Å². The van der Waals surface area contributed by atoms with Crippen molar-refractivity contribution in [3.63, 3.8) is 0 Å². The van der Waals surface area contributed by atoms with Crippen LogP contribution in [0.5, 0.6) is 0 Å². The van der Waals surface area contributed by atoms with E-state index in [4.69, 9.17) is 4.74 Å². The minimum absolute atomic E-state index is 0.0264. The van der Waals surface area contributed by atoms with Crippen LogP contribution in [0.2, 0.25) is 0 Å². The molecule has 2 atom stereocenters. The van der Waals surface area contributed by atoms with E-state index in [1.165, 1.54) is 19.3 Å². The summed E-state index contributed by atoms with van der Waals surface area (Å²) < 4.78 is 9.91. The predicted octanol–water partition coefficient (Wildman–Crippen LogP) is 1.77. The summed E-state index contributed by atoms with van der Waals surface area (Å²) in [4.78, 5) is 17.7. The number of carbonyl (C=O) groups is 1. The number of morpholine rings is 1. The Bertz CT molecular complexity index is 810. The van der Waals surface area contributed by atoms with E-state index in [-0.39, 0.29) is 18.1 Å². The highest BCUT2D eigenvalue weighted by molar-refractivity contribution is 5.77. The van der Waals surface area contributed by atoms with Crippen molar-refractivity contribution in [3.05, 3.63) is 35.9 Å². The lowest BCUT2D eigenvalue weighted by Gasteiger charge is -2.43. The van der Waals surface area contributed by atoms with Gasteiger partial charge in [0.25, 0.3) is 0 Å². The quantitative estimate of drug-likeness (QED) is 0.739. The number of ether oxygens (including phenoxy) is 1. The van der Waals surface area contributed by atoms with Crippen molar-refractivity contribution in [1.29, 1.82) is 0 Å². The number of likely N-dealkylation sites (tertiary alicyclic amines) is 1. The molecular weight excluding hydrogens is 368 g/mol. The molecule has 0 N–H and O–H groups in total. The topological polar surface area (TPSA) is 68.4 Å². The number of amides is 1. The second kappa shape index (κ2) is 9.09. The number of piperidine rings is 1. The summed E-state index contributed by atoms with van der Waals surface area (Å²) in [7, 11) is 1.92. The van der Waals surface area contributed by atoms with Crippen LogP contribution in [0.4, 0.5) is 0 Å². The second-order valence-electron chi connectivity index (χ2n) is 8.20. The highest BCUT2D eigenvalue weighted by Crippen LogP contribution is 2.31. The molecule has 158 valence electrons. The minimum Gasteiger partial charge on any atom is -0.373 e. The molecule has 0 radical (unpaired) electrons. The molecule has 0 aromatic carbocycles. The van der Waals surface area contributed by atoms with Crippen molar-refractivity contribution in [2.75, 3.05) is 32.8 Å². The van der Waals surface area contributed by atoms with E-state index in [1.54, 1.807) is 10.9 Å². The fourth-order valence-corrected chi connectivity index (χ4v) is 4.53. The molecule has 0 bridgehead atoms. The summed E-state index contributed by atoms with van der Waals surface area (Å²) in [6.07, 6.45) is 9.89. The molecule has 4 rings (SSSR count). The third kappa shape index (κ3) is 4.70. The van der Waals surface area contributed by atoms with Gasteiger partial charge in [0.1, 0.15) is 0 Å². The van der Waals surface area contributed by atoms with E-state index >= 15 is 0 Å². The molecule has 0 saturated carbocycles. The van der Waals surface area contributed by atoms with Crippen LogP contribution in [0.15, 0.2) is 24.7 Å². The van der Waals surface area contributed by atoms with Gasteiger partial charge in [-0.1, -0.05) is 6.42 Å². The van der Waals surface area contributed by atoms with E-state index in [9.17, 15) is 4.79 Å². The Hall–Kier alpha value is -2.19. The molecule has 2 aliphatic rings. The van der Waals surface area contributed by atoms with Crippen LogP contribution in [0, 0.1) is 6.92 Å². The fraction of sp³-hybridized carbons (Fsp3) is 0.667. The van der Waals surface area contributed by atoms with Crippen LogP contribution >= 0.6 is 0 Å². The third-order valence-corrected chi connectivity index (χ3v) is 6.09. The summed E-state index contributed by atoms with van der Waals surface area (Å²) in [6, 6.07) is 1.87. The van der Waals surface area contributed by atoms with Gasteiger partial charge in [-0.2, -0.15) is 10.2 Å². The van der Waals surface area contributed by atoms with Gasteiger partial charge in [-0.25, -0.2) is 0 Å². The van der Waals surface area contributed by atoms with E-state index in [0.717, 1.165) is 30.9 Å². The van der Waals surface area contributed by atoms with E-state index < -0.39 is 0 Å². The van der Waals surface area contributed by atoms with Crippen molar-refractivity contribution in [3.8, 4) is 0 Å². The molecule has 2 aromatic heterocycles. The molecule has 1 amide bonds. The number of aryl methyl sites for hydroxylation is 3. The zero-order valence-corrected chi connectivity index (χ0v) is 17.5. The highest BCUT2D eigenvalue weighted by Gasteiger charge is 2.38. The smallest absolute Gasteiger partial charge is 0.225 e. The molecule has 0 unspecified atom stereocenters.